The minimum absolute atomic E-state index is 0.0553. The predicted molar refractivity (Wildman–Crippen MR) is 77.1 cm³/mol. The second kappa shape index (κ2) is 5.40. The van der Waals surface area contributed by atoms with Gasteiger partial charge in [0, 0.05) is 20.2 Å². The number of nitrogens with one attached hydrogen (secondary N) is 1. The third-order valence-electron chi connectivity index (χ3n) is 3.42. The molecular formula is C14H19N3O3. The quantitative estimate of drug-likeness (QED) is 0.893. The van der Waals surface area contributed by atoms with Gasteiger partial charge in [-0.2, -0.15) is 0 Å². The molecule has 1 aromatic carbocycles. The molecule has 6 nitrogen and oxygen atoms in total. The number of nitrogens with zero attached hydrogens (tertiary/aromatic N) is 2. The van der Waals surface area contributed by atoms with Gasteiger partial charge in [-0.1, -0.05) is 0 Å². The van der Waals surface area contributed by atoms with Gasteiger partial charge in [0.2, 0.25) is 11.8 Å². The number of hydrogen-bond donors (Lipinski definition) is 1. The number of carbonyl (C=O) groups excluding carboxylic acids is 2. The molecule has 6 heteroatoms. The van der Waals surface area contributed by atoms with Gasteiger partial charge in [0.25, 0.3) is 0 Å². The van der Waals surface area contributed by atoms with E-state index in [2.05, 4.69) is 5.32 Å². The topological polar surface area (TPSA) is 61.9 Å². The van der Waals surface area contributed by atoms with Gasteiger partial charge in [-0.15, -0.1) is 0 Å². The molecular weight excluding hydrogens is 258 g/mol. The Morgan fingerprint density at radius 3 is 2.75 bits per heavy atom. The van der Waals surface area contributed by atoms with Crippen molar-refractivity contribution in [3.63, 3.8) is 0 Å². The lowest BCUT2D eigenvalue weighted by Crippen LogP contribution is -2.50. The van der Waals surface area contributed by atoms with Gasteiger partial charge in [-0.25, -0.2) is 0 Å². The van der Waals surface area contributed by atoms with Crippen molar-refractivity contribution >= 4 is 23.2 Å². The van der Waals surface area contributed by atoms with Crippen LogP contribution in [-0.4, -0.2) is 50.5 Å². The smallest absolute Gasteiger partial charge is 0.246 e. The van der Waals surface area contributed by atoms with Crippen molar-refractivity contribution in [3.05, 3.63) is 18.2 Å². The summed E-state index contributed by atoms with van der Waals surface area (Å²) in [7, 11) is 4.98. The lowest BCUT2D eigenvalue weighted by molar-refractivity contribution is -0.127. The van der Waals surface area contributed by atoms with Crippen LogP contribution in [0.1, 0.15) is 6.92 Å². The molecule has 0 aliphatic carbocycles. The van der Waals surface area contributed by atoms with Crippen LogP contribution in [0.4, 0.5) is 11.4 Å². The van der Waals surface area contributed by atoms with E-state index < -0.39 is 6.04 Å². The SMILES string of the molecule is COc1ccc2c(c1)N(CC(=O)N(C)C)[C@H](C)C(=O)N2. The fourth-order valence-electron chi connectivity index (χ4n) is 2.08. The van der Waals surface area contributed by atoms with Crippen molar-refractivity contribution in [1.29, 1.82) is 0 Å². The highest BCUT2D eigenvalue weighted by molar-refractivity contribution is 6.04. The molecule has 0 aromatic heterocycles. The van der Waals surface area contributed by atoms with E-state index >= 15 is 0 Å². The Morgan fingerprint density at radius 1 is 1.45 bits per heavy atom. The van der Waals surface area contributed by atoms with Crippen LogP contribution in [0.15, 0.2) is 18.2 Å². The van der Waals surface area contributed by atoms with Gasteiger partial charge < -0.3 is 19.9 Å². The molecule has 1 N–H and O–H groups in total. The van der Waals surface area contributed by atoms with Crippen LogP contribution in [0.25, 0.3) is 0 Å². The highest BCUT2D eigenvalue weighted by Gasteiger charge is 2.31. The van der Waals surface area contributed by atoms with E-state index in [0.717, 1.165) is 5.69 Å². The molecule has 1 aromatic rings. The van der Waals surface area contributed by atoms with E-state index in [0.29, 0.717) is 11.4 Å². The summed E-state index contributed by atoms with van der Waals surface area (Å²) < 4.78 is 5.21. The first kappa shape index (κ1) is 14.2. The Kier molecular flexibility index (Phi) is 3.83. The fourth-order valence-corrected chi connectivity index (χ4v) is 2.08. The lowest BCUT2D eigenvalue weighted by atomic mass is 10.1. The number of likely N-dealkylation sites (N-methyl/N-ethyl adjacent to an activating group) is 1. The Bertz CT molecular complexity index is 542. The first-order valence-corrected chi connectivity index (χ1v) is 6.39. The second-order valence-electron chi connectivity index (χ2n) is 4.96. The van der Waals surface area contributed by atoms with Crippen LogP contribution < -0.4 is 15.0 Å². The maximum absolute atomic E-state index is 12.0. The number of anilines is 2. The first-order valence-electron chi connectivity index (χ1n) is 6.39. The molecule has 0 bridgehead atoms. The Balaban J connectivity index is 2.39. The number of amides is 2. The summed E-state index contributed by atoms with van der Waals surface area (Å²) in [6.45, 7) is 1.93. The predicted octanol–water partition coefficient (Wildman–Crippen LogP) is 0.930. The summed E-state index contributed by atoms with van der Waals surface area (Å²) in [5.74, 6) is 0.518. The highest BCUT2D eigenvalue weighted by atomic mass is 16.5. The third-order valence-corrected chi connectivity index (χ3v) is 3.42. The average Bonchev–Trinajstić information content (AvgIpc) is 2.43. The molecule has 108 valence electrons. The molecule has 1 aliphatic rings. The molecule has 0 fully saturated rings. The zero-order chi connectivity index (χ0) is 14.9. The van der Waals surface area contributed by atoms with Crippen LogP contribution in [0.3, 0.4) is 0 Å². The molecule has 0 spiro atoms. The summed E-state index contributed by atoms with van der Waals surface area (Å²) in [5, 5.41) is 2.83. The first-order chi connectivity index (χ1) is 9.43. The molecule has 1 atom stereocenters. The second-order valence-corrected chi connectivity index (χ2v) is 4.96. The summed E-state index contributed by atoms with van der Waals surface area (Å²) in [4.78, 5) is 27.2. The monoisotopic (exact) mass is 277 g/mol. The average molecular weight is 277 g/mol. The fraction of sp³-hybridized carbons (Fsp3) is 0.429. The van der Waals surface area contributed by atoms with Crippen LogP contribution in [0.2, 0.25) is 0 Å². The summed E-state index contributed by atoms with van der Waals surface area (Å²) >= 11 is 0. The lowest BCUT2D eigenvalue weighted by Gasteiger charge is -2.36. The van der Waals surface area contributed by atoms with Gasteiger partial charge in [0.15, 0.2) is 0 Å². The molecule has 2 rings (SSSR count). The highest BCUT2D eigenvalue weighted by Crippen LogP contribution is 2.35. The minimum atomic E-state index is -0.404. The summed E-state index contributed by atoms with van der Waals surface area (Å²) in [5.41, 5.74) is 1.49. The van der Waals surface area contributed by atoms with E-state index in [4.69, 9.17) is 4.74 Å². The molecule has 0 radical (unpaired) electrons. The Morgan fingerprint density at radius 2 is 2.15 bits per heavy atom. The van der Waals surface area contributed by atoms with Crippen LogP contribution in [0.5, 0.6) is 5.75 Å². The van der Waals surface area contributed by atoms with Crippen molar-refractivity contribution in [2.45, 2.75) is 13.0 Å². The van der Waals surface area contributed by atoms with Crippen molar-refractivity contribution < 1.29 is 14.3 Å². The van der Waals surface area contributed by atoms with Gasteiger partial charge >= 0.3 is 0 Å². The molecule has 1 aliphatic heterocycles. The van der Waals surface area contributed by atoms with Gasteiger partial charge in [0.1, 0.15) is 11.8 Å². The number of fused-ring (bicyclic) bond motifs is 1. The Labute approximate surface area is 118 Å². The van der Waals surface area contributed by atoms with E-state index in [9.17, 15) is 9.59 Å². The van der Waals surface area contributed by atoms with E-state index in [1.807, 2.05) is 6.07 Å². The number of rotatable bonds is 3. The van der Waals surface area contributed by atoms with Crippen LogP contribution in [0, 0.1) is 0 Å². The standard InChI is InChI=1S/C14H19N3O3/c1-9-14(19)15-11-6-5-10(20-4)7-12(11)17(9)8-13(18)16(2)3/h5-7,9H,8H2,1-4H3,(H,15,19)/t9-/m1/s1. The maximum atomic E-state index is 12.0. The molecule has 1 heterocycles. The number of methoxy groups -OCH3 is 1. The largest absolute Gasteiger partial charge is 0.497 e. The number of ether oxygens (including phenoxy) is 1. The van der Waals surface area contributed by atoms with Gasteiger partial charge in [0.05, 0.1) is 25.0 Å². The van der Waals surface area contributed by atoms with Gasteiger partial charge in [-0.3, -0.25) is 9.59 Å². The van der Waals surface area contributed by atoms with E-state index in [1.165, 1.54) is 4.90 Å². The Hall–Kier alpha value is -2.24. The molecule has 0 unspecified atom stereocenters. The number of hydrogen-bond acceptors (Lipinski definition) is 4. The van der Waals surface area contributed by atoms with Crippen LogP contribution >= 0.6 is 0 Å². The van der Waals surface area contributed by atoms with Gasteiger partial charge in [-0.05, 0) is 19.1 Å². The minimum Gasteiger partial charge on any atom is -0.497 e. The number of benzene rings is 1. The van der Waals surface area contributed by atoms with Crippen molar-refractivity contribution in [1.82, 2.24) is 4.90 Å². The molecule has 0 saturated carbocycles. The summed E-state index contributed by atoms with van der Waals surface area (Å²) in [6.07, 6.45) is 0. The molecule has 0 saturated heterocycles. The van der Waals surface area contributed by atoms with Crippen LogP contribution in [-0.2, 0) is 9.59 Å². The zero-order valence-electron chi connectivity index (χ0n) is 12.1. The van der Waals surface area contributed by atoms with Crippen molar-refractivity contribution in [2.24, 2.45) is 0 Å². The van der Waals surface area contributed by atoms with Crippen molar-refractivity contribution in [2.75, 3.05) is 38.0 Å². The van der Waals surface area contributed by atoms with E-state index in [1.54, 1.807) is 45.2 Å². The summed E-state index contributed by atoms with van der Waals surface area (Å²) in [6, 6.07) is 4.99. The van der Waals surface area contributed by atoms with E-state index in [-0.39, 0.29) is 18.4 Å². The maximum Gasteiger partial charge on any atom is 0.246 e. The molecule has 2 amide bonds. The third kappa shape index (κ3) is 2.54. The van der Waals surface area contributed by atoms with Crippen molar-refractivity contribution in [3.8, 4) is 5.75 Å². The normalized spacial score (nSPS) is 17.3. The molecule has 20 heavy (non-hydrogen) atoms. The zero-order valence-corrected chi connectivity index (χ0v) is 12.1. The number of carbonyl (C=O) groups is 2.